The van der Waals surface area contributed by atoms with Crippen LogP contribution >= 0.6 is 11.3 Å². The predicted molar refractivity (Wildman–Crippen MR) is 64.2 cm³/mol. The predicted octanol–water partition coefficient (Wildman–Crippen LogP) is 2.21. The number of carbonyl (C=O) groups is 2. The molecule has 0 saturated heterocycles. The van der Waals surface area contributed by atoms with E-state index in [0.29, 0.717) is 11.0 Å². The van der Waals surface area contributed by atoms with Crippen LogP contribution in [0.15, 0.2) is 5.38 Å². The third-order valence-electron chi connectivity index (χ3n) is 2.96. The van der Waals surface area contributed by atoms with Crippen molar-refractivity contribution in [3.8, 4) is 0 Å². The van der Waals surface area contributed by atoms with Crippen LogP contribution < -0.4 is 5.32 Å². The fourth-order valence-corrected chi connectivity index (χ4v) is 2.87. The second kappa shape index (κ2) is 5.27. The summed E-state index contributed by atoms with van der Waals surface area (Å²) in [5.41, 5.74) is 0.982. The number of nitrogens with zero attached hydrogens (tertiary/aromatic N) is 1. The van der Waals surface area contributed by atoms with Gasteiger partial charge in [-0.15, -0.1) is 11.3 Å². The lowest BCUT2D eigenvalue weighted by atomic mass is 9.87. The molecule has 5 nitrogen and oxygen atoms in total. The number of amides is 1. The average Bonchev–Trinajstić information content (AvgIpc) is 2.78. The maximum absolute atomic E-state index is 11.0. The highest BCUT2D eigenvalue weighted by atomic mass is 32.1. The Bertz CT molecular complexity index is 424. The smallest absolute Gasteiger partial charge is 0.394 e. The second-order valence-corrected chi connectivity index (χ2v) is 5.03. The highest BCUT2D eigenvalue weighted by molar-refractivity contribution is 7.14. The molecule has 92 valence electrons. The fraction of sp³-hybridized carbons (Fsp3) is 0.545. The lowest BCUT2D eigenvalue weighted by molar-refractivity contribution is -0.147. The molecule has 1 aliphatic carbocycles. The Balaban J connectivity index is 2.00. The van der Waals surface area contributed by atoms with E-state index < -0.39 is 11.9 Å². The minimum atomic E-state index is -1.49. The van der Waals surface area contributed by atoms with E-state index in [4.69, 9.17) is 5.11 Å². The number of hydrogen-bond donors (Lipinski definition) is 2. The number of aromatic nitrogens is 1. The zero-order valence-electron chi connectivity index (χ0n) is 9.31. The summed E-state index contributed by atoms with van der Waals surface area (Å²) in [7, 11) is 0. The van der Waals surface area contributed by atoms with E-state index in [2.05, 4.69) is 10.3 Å². The van der Waals surface area contributed by atoms with Crippen LogP contribution in [-0.2, 0) is 9.59 Å². The highest BCUT2D eigenvalue weighted by Crippen LogP contribution is 2.33. The second-order valence-electron chi connectivity index (χ2n) is 4.17. The molecule has 1 aliphatic rings. The summed E-state index contributed by atoms with van der Waals surface area (Å²) in [4.78, 5) is 25.6. The number of aliphatic carboxylic acids is 1. The molecule has 1 aromatic rings. The number of carbonyl (C=O) groups excluding carboxylic acids is 1. The molecule has 2 rings (SSSR count). The van der Waals surface area contributed by atoms with Crippen LogP contribution in [0.25, 0.3) is 0 Å². The number of nitrogens with one attached hydrogen (secondary N) is 1. The van der Waals surface area contributed by atoms with E-state index in [1.165, 1.54) is 30.6 Å². The first kappa shape index (κ1) is 12.0. The summed E-state index contributed by atoms with van der Waals surface area (Å²) in [6, 6.07) is 0. The highest BCUT2D eigenvalue weighted by Gasteiger charge is 2.19. The molecule has 0 aliphatic heterocycles. The molecular formula is C11H14N2O3S. The molecule has 0 spiro atoms. The van der Waals surface area contributed by atoms with E-state index in [9.17, 15) is 9.59 Å². The van der Waals surface area contributed by atoms with Crippen molar-refractivity contribution in [3.63, 3.8) is 0 Å². The van der Waals surface area contributed by atoms with Gasteiger partial charge < -0.3 is 5.11 Å². The van der Waals surface area contributed by atoms with Gasteiger partial charge in [-0.3, -0.25) is 10.1 Å². The lowest BCUT2D eigenvalue weighted by Gasteiger charge is -2.19. The normalized spacial score (nSPS) is 16.7. The van der Waals surface area contributed by atoms with Gasteiger partial charge in [-0.25, -0.2) is 9.78 Å². The summed E-state index contributed by atoms with van der Waals surface area (Å²) < 4.78 is 0. The number of hydrogen-bond acceptors (Lipinski definition) is 4. The van der Waals surface area contributed by atoms with Crippen molar-refractivity contribution in [2.24, 2.45) is 0 Å². The third kappa shape index (κ3) is 3.03. The van der Waals surface area contributed by atoms with Gasteiger partial charge in [0, 0.05) is 11.3 Å². The molecular weight excluding hydrogens is 240 g/mol. The Labute approximate surface area is 103 Å². The molecule has 1 fully saturated rings. The standard InChI is InChI=1S/C11H14N2O3S/c14-9(10(15)16)13-11-12-8(6-17-11)7-4-2-1-3-5-7/h6-7H,1-5H2,(H,15,16)(H,12,13,14). The number of anilines is 1. The van der Waals surface area contributed by atoms with E-state index in [1.54, 1.807) is 0 Å². The first-order valence-electron chi connectivity index (χ1n) is 5.66. The first-order valence-corrected chi connectivity index (χ1v) is 6.54. The Hall–Kier alpha value is -1.43. The van der Waals surface area contributed by atoms with Crippen molar-refractivity contribution in [3.05, 3.63) is 11.1 Å². The van der Waals surface area contributed by atoms with Gasteiger partial charge in [0.1, 0.15) is 0 Å². The van der Waals surface area contributed by atoms with Crippen LogP contribution in [0.4, 0.5) is 5.13 Å². The summed E-state index contributed by atoms with van der Waals surface area (Å²) in [5, 5.41) is 13.0. The molecule has 6 heteroatoms. The van der Waals surface area contributed by atoms with Crippen LogP contribution in [0.5, 0.6) is 0 Å². The van der Waals surface area contributed by atoms with Gasteiger partial charge in [-0.1, -0.05) is 19.3 Å². The molecule has 2 N–H and O–H groups in total. The minimum Gasteiger partial charge on any atom is -0.474 e. The quantitative estimate of drug-likeness (QED) is 0.793. The molecule has 0 unspecified atom stereocenters. The molecule has 1 heterocycles. The van der Waals surface area contributed by atoms with Gasteiger partial charge in [0.2, 0.25) is 0 Å². The van der Waals surface area contributed by atoms with Crippen molar-refractivity contribution in [2.45, 2.75) is 38.0 Å². The van der Waals surface area contributed by atoms with Gasteiger partial charge in [0.15, 0.2) is 5.13 Å². The van der Waals surface area contributed by atoms with Gasteiger partial charge in [-0.2, -0.15) is 0 Å². The molecule has 1 saturated carbocycles. The van der Waals surface area contributed by atoms with Crippen LogP contribution in [-0.4, -0.2) is 22.0 Å². The topological polar surface area (TPSA) is 79.3 Å². The van der Waals surface area contributed by atoms with Crippen LogP contribution in [0.3, 0.4) is 0 Å². The number of rotatable bonds is 2. The summed E-state index contributed by atoms with van der Waals surface area (Å²) in [5.74, 6) is -2.05. The van der Waals surface area contributed by atoms with E-state index in [0.717, 1.165) is 18.5 Å². The van der Waals surface area contributed by atoms with E-state index >= 15 is 0 Å². The van der Waals surface area contributed by atoms with Crippen molar-refractivity contribution in [2.75, 3.05) is 5.32 Å². The minimum absolute atomic E-state index is 0.373. The largest absolute Gasteiger partial charge is 0.474 e. The summed E-state index contributed by atoms with van der Waals surface area (Å²) in [6.07, 6.45) is 5.99. The average molecular weight is 254 g/mol. The van der Waals surface area contributed by atoms with Crippen molar-refractivity contribution < 1.29 is 14.7 Å². The Kier molecular flexibility index (Phi) is 3.73. The Morgan fingerprint density at radius 1 is 1.35 bits per heavy atom. The van der Waals surface area contributed by atoms with Crippen molar-refractivity contribution in [1.82, 2.24) is 4.98 Å². The zero-order chi connectivity index (χ0) is 12.3. The third-order valence-corrected chi connectivity index (χ3v) is 3.74. The Morgan fingerprint density at radius 3 is 2.71 bits per heavy atom. The molecule has 0 atom stereocenters. The van der Waals surface area contributed by atoms with Crippen LogP contribution in [0, 0.1) is 0 Å². The SMILES string of the molecule is O=C(O)C(=O)Nc1nc(C2CCCCC2)cs1. The summed E-state index contributed by atoms with van der Waals surface area (Å²) >= 11 is 1.28. The maximum atomic E-state index is 11.0. The van der Waals surface area contributed by atoms with Gasteiger partial charge >= 0.3 is 11.9 Å². The van der Waals surface area contributed by atoms with Crippen molar-refractivity contribution >= 4 is 28.3 Å². The fourth-order valence-electron chi connectivity index (χ4n) is 2.08. The van der Waals surface area contributed by atoms with E-state index in [-0.39, 0.29) is 0 Å². The molecule has 0 radical (unpaired) electrons. The molecule has 1 amide bonds. The molecule has 0 aromatic carbocycles. The molecule has 1 aromatic heterocycles. The van der Waals surface area contributed by atoms with Crippen molar-refractivity contribution in [1.29, 1.82) is 0 Å². The van der Waals surface area contributed by atoms with Gasteiger partial charge in [0.25, 0.3) is 0 Å². The van der Waals surface area contributed by atoms with Crippen LogP contribution in [0.2, 0.25) is 0 Å². The number of carboxylic acids is 1. The Morgan fingerprint density at radius 2 is 2.06 bits per heavy atom. The number of carboxylic acid groups (broad SMARTS) is 1. The van der Waals surface area contributed by atoms with Crippen LogP contribution in [0.1, 0.15) is 43.7 Å². The van der Waals surface area contributed by atoms with Gasteiger partial charge in [0.05, 0.1) is 5.69 Å². The monoisotopic (exact) mass is 254 g/mol. The number of thiazole rings is 1. The lowest BCUT2D eigenvalue weighted by Crippen LogP contribution is -2.21. The molecule has 0 bridgehead atoms. The maximum Gasteiger partial charge on any atom is 0.394 e. The van der Waals surface area contributed by atoms with E-state index in [1.807, 2.05) is 5.38 Å². The van der Waals surface area contributed by atoms with Gasteiger partial charge in [-0.05, 0) is 12.8 Å². The summed E-state index contributed by atoms with van der Waals surface area (Å²) in [6.45, 7) is 0. The molecule has 17 heavy (non-hydrogen) atoms. The first-order chi connectivity index (χ1) is 8.16. The zero-order valence-corrected chi connectivity index (χ0v) is 10.1.